The average Bonchev–Trinajstić information content (AvgIpc) is 3.25. The van der Waals surface area contributed by atoms with Gasteiger partial charge in [0.25, 0.3) is 0 Å². The Labute approximate surface area is 128 Å². The van der Waals surface area contributed by atoms with E-state index in [1.807, 2.05) is 10.9 Å². The molecule has 0 aliphatic heterocycles. The van der Waals surface area contributed by atoms with E-state index >= 15 is 0 Å². The zero-order valence-corrected chi connectivity index (χ0v) is 13.2. The van der Waals surface area contributed by atoms with Crippen molar-refractivity contribution in [1.82, 2.24) is 30.5 Å². The van der Waals surface area contributed by atoms with Crippen molar-refractivity contribution in [2.45, 2.75) is 55.4 Å². The van der Waals surface area contributed by atoms with Crippen LogP contribution in [-0.2, 0) is 0 Å². The Morgan fingerprint density at radius 3 is 3.10 bits per heavy atom. The van der Waals surface area contributed by atoms with E-state index < -0.39 is 0 Å². The van der Waals surface area contributed by atoms with Gasteiger partial charge in [-0.3, -0.25) is 0 Å². The topological polar surface area (TPSA) is 68.5 Å². The molecule has 1 N–H and O–H groups in total. The van der Waals surface area contributed by atoms with Crippen LogP contribution >= 0.6 is 11.8 Å². The first kappa shape index (κ1) is 14.5. The smallest absolute Gasteiger partial charge is 0.215 e. The molecule has 1 saturated carbocycles. The Balaban J connectivity index is 1.72. The highest BCUT2D eigenvalue weighted by molar-refractivity contribution is 7.99. The number of tetrazole rings is 1. The van der Waals surface area contributed by atoms with Crippen LogP contribution in [-0.4, -0.2) is 31.7 Å². The van der Waals surface area contributed by atoms with Gasteiger partial charge in [-0.2, -0.15) is 0 Å². The number of aromatic nitrogens is 5. The number of nitrogens with one attached hydrogen (secondary N) is 1. The molecular weight excluding hydrogens is 284 g/mol. The van der Waals surface area contributed by atoms with Crippen LogP contribution in [0.5, 0.6) is 0 Å². The molecule has 0 aromatic carbocycles. The maximum atomic E-state index is 4.42. The number of hydrogen-bond donors (Lipinski definition) is 1. The molecule has 0 radical (unpaired) electrons. The summed E-state index contributed by atoms with van der Waals surface area (Å²) in [5.74, 6) is 0. The quantitative estimate of drug-likeness (QED) is 0.848. The lowest BCUT2D eigenvalue weighted by Gasteiger charge is -2.14. The molecule has 1 atom stereocenters. The third kappa shape index (κ3) is 3.59. The van der Waals surface area contributed by atoms with Gasteiger partial charge in [0.2, 0.25) is 5.16 Å². The Kier molecular flexibility index (Phi) is 4.50. The highest BCUT2D eigenvalue weighted by Crippen LogP contribution is 2.37. The number of pyridine rings is 1. The summed E-state index contributed by atoms with van der Waals surface area (Å²) in [7, 11) is 0. The first-order chi connectivity index (χ1) is 10.3. The van der Waals surface area contributed by atoms with Crippen molar-refractivity contribution in [3.05, 3.63) is 23.9 Å². The lowest BCUT2D eigenvalue weighted by atomic mass is 10.1. The largest absolute Gasteiger partial charge is 0.310 e. The second-order valence-electron chi connectivity index (χ2n) is 5.34. The Morgan fingerprint density at radius 2 is 2.33 bits per heavy atom. The summed E-state index contributed by atoms with van der Waals surface area (Å²) < 4.78 is 1.91. The molecule has 112 valence electrons. The summed E-state index contributed by atoms with van der Waals surface area (Å²) >= 11 is 1.53. The maximum absolute atomic E-state index is 4.42. The van der Waals surface area contributed by atoms with Crippen molar-refractivity contribution >= 4 is 11.8 Å². The molecule has 21 heavy (non-hydrogen) atoms. The highest BCUT2D eigenvalue weighted by atomic mass is 32.2. The van der Waals surface area contributed by atoms with Crippen LogP contribution < -0.4 is 5.32 Å². The molecule has 1 fully saturated rings. The van der Waals surface area contributed by atoms with Gasteiger partial charge in [0.15, 0.2) is 0 Å². The molecule has 6 nitrogen and oxygen atoms in total. The average molecular weight is 304 g/mol. The van der Waals surface area contributed by atoms with Gasteiger partial charge in [-0.1, -0.05) is 6.92 Å². The van der Waals surface area contributed by atoms with Gasteiger partial charge in [-0.15, -0.1) is 5.10 Å². The third-order valence-corrected chi connectivity index (χ3v) is 4.39. The summed E-state index contributed by atoms with van der Waals surface area (Å²) in [6, 6.07) is 4.98. The minimum atomic E-state index is 0.326. The number of hydrogen-bond acceptors (Lipinski definition) is 6. The minimum absolute atomic E-state index is 0.326. The van der Waals surface area contributed by atoms with Gasteiger partial charge in [-0.25, -0.2) is 9.67 Å². The van der Waals surface area contributed by atoms with Gasteiger partial charge in [0.05, 0.1) is 6.04 Å². The fourth-order valence-electron chi connectivity index (χ4n) is 2.12. The normalized spacial score (nSPS) is 16.1. The maximum Gasteiger partial charge on any atom is 0.215 e. The van der Waals surface area contributed by atoms with Gasteiger partial charge in [0, 0.05) is 12.2 Å². The zero-order valence-electron chi connectivity index (χ0n) is 12.4. The molecule has 0 amide bonds. The first-order valence-corrected chi connectivity index (χ1v) is 8.24. The molecule has 2 heterocycles. The Bertz CT molecular complexity index is 595. The fraction of sp³-hybridized carbons (Fsp3) is 0.571. The predicted molar refractivity (Wildman–Crippen MR) is 81.2 cm³/mol. The zero-order chi connectivity index (χ0) is 14.7. The fourth-order valence-corrected chi connectivity index (χ4v) is 2.98. The van der Waals surface area contributed by atoms with Crippen molar-refractivity contribution in [3.8, 4) is 0 Å². The monoisotopic (exact) mass is 304 g/mol. The molecule has 1 aliphatic carbocycles. The molecule has 0 spiro atoms. The van der Waals surface area contributed by atoms with E-state index in [-0.39, 0.29) is 0 Å². The minimum Gasteiger partial charge on any atom is -0.310 e. The molecule has 7 heteroatoms. The molecule has 3 rings (SSSR count). The standard InChI is InChI=1S/C14H20N6S/c1-3-7-15-10(2)11-6-8-16-13(9-11)21-14-17-18-19-20(14)12-4-5-12/h6,8-10,12,15H,3-5,7H2,1-2H3. The predicted octanol–water partition coefficient (Wildman–Crippen LogP) is 2.61. The number of rotatable bonds is 7. The summed E-state index contributed by atoms with van der Waals surface area (Å²) in [6.07, 6.45) is 5.33. The van der Waals surface area contributed by atoms with Crippen LogP contribution in [0.25, 0.3) is 0 Å². The summed E-state index contributed by atoms with van der Waals surface area (Å²) in [4.78, 5) is 4.42. The van der Waals surface area contributed by atoms with E-state index in [2.05, 4.69) is 51.8 Å². The van der Waals surface area contributed by atoms with Crippen LogP contribution in [0.4, 0.5) is 0 Å². The van der Waals surface area contributed by atoms with E-state index in [1.54, 1.807) is 0 Å². The van der Waals surface area contributed by atoms with E-state index in [9.17, 15) is 0 Å². The van der Waals surface area contributed by atoms with Crippen molar-refractivity contribution in [3.63, 3.8) is 0 Å². The lowest BCUT2D eigenvalue weighted by molar-refractivity contribution is 0.564. The van der Waals surface area contributed by atoms with E-state index in [0.29, 0.717) is 12.1 Å². The van der Waals surface area contributed by atoms with E-state index in [0.717, 1.165) is 23.1 Å². The molecule has 1 unspecified atom stereocenters. The summed E-state index contributed by atoms with van der Waals surface area (Å²) in [5.41, 5.74) is 1.24. The van der Waals surface area contributed by atoms with Crippen LogP contribution in [0.2, 0.25) is 0 Å². The Morgan fingerprint density at radius 1 is 1.48 bits per heavy atom. The van der Waals surface area contributed by atoms with Crippen molar-refractivity contribution in [2.75, 3.05) is 6.54 Å². The molecular formula is C14H20N6S. The SMILES string of the molecule is CCCNC(C)c1ccnc(Sc2nnnn2C2CC2)c1. The third-order valence-electron chi connectivity index (χ3n) is 3.51. The van der Waals surface area contributed by atoms with Crippen LogP contribution in [0.15, 0.2) is 28.5 Å². The summed E-state index contributed by atoms with van der Waals surface area (Å²) in [6.45, 7) is 5.37. The van der Waals surface area contributed by atoms with Gasteiger partial charge in [-0.05, 0) is 72.6 Å². The van der Waals surface area contributed by atoms with Crippen LogP contribution in [0.1, 0.15) is 50.8 Å². The van der Waals surface area contributed by atoms with Crippen molar-refractivity contribution < 1.29 is 0 Å². The Hall–Kier alpha value is -1.47. The van der Waals surface area contributed by atoms with Crippen molar-refractivity contribution in [1.29, 1.82) is 0 Å². The van der Waals surface area contributed by atoms with E-state index in [1.165, 1.54) is 30.2 Å². The number of nitrogens with zero attached hydrogens (tertiary/aromatic N) is 5. The summed E-state index contributed by atoms with van der Waals surface area (Å²) in [5, 5.41) is 17.2. The second-order valence-corrected chi connectivity index (χ2v) is 6.33. The molecule has 0 bridgehead atoms. The van der Waals surface area contributed by atoms with Crippen LogP contribution in [0.3, 0.4) is 0 Å². The van der Waals surface area contributed by atoms with Gasteiger partial charge < -0.3 is 5.32 Å². The van der Waals surface area contributed by atoms with Crippen LogP contribution in [0, 0.1) is 0 Å². The van der Waals surface area contributed by atoms with Gasteiger partial charge >= 0.3 is 0 Å². The first-order valence-electron chi connectivity index (χ1n) is 7.43. The molecule has 2 aromatic heterocycles. The molecule has 1 aliphatic rings. The van der Waals surface area contributed by atoms with Gasteiger partial charge in [0.1, 0.15) is 5.03 Å². The van der Waals surface area contributed by atoms with Crippen molar-refractivity contribution in [2.24, 2.45) is 0 Å². The highest BCUT2D eigenvalue weighted by Gasteiger charge is 2.28. The molecule has 0 saturated heterocycles. The lowest BCUT2D eigenvalue weighted by Crippen LogP contribution is -2.19. The molecule has 2 aromatic rings. The second kappa shape index (κ2) is 6.53. The van der Waals surface area contributed by atoms with E-state index in [4.69, 9.17) is 0 Å².